The van der Waals surface area contributed by atoms with E-state index >= 15 is 0 Å². The zero-order chi connectivity index (χ0) is 19.6. The maximum Gasteiger partial charge on any atom is 0.303 e. The van der Waals surface area contributed by atoms with E-state index in [4.69, 9.17) is 5.11 Å². The number of aliphatic hydroxyl groups is 2. The summed E-state index contributed by atoms with van der Waals surface area (Å²) in [4.78, 5) is 10.8. The smallest absolute Gasteiger partial charge is 0.303 e. The summed E-state index contributed by atoms with van der Waals surface area (Å²) in [6, 6.07) is 0. The molecule has 0 aliphatic heterocycles. The van der Waals surface area contributed by atoms with Gasteiger partial charge in [0.05, 0.1) is 12.0 Å². The molecule has 0 spiro atoms. The number of aliphatic hydroxyl groups excluding tert-OH is 2. The van der Waals surface area contributed by atoms with Crippen molar-refractivity contribution in [3.63, 3.8) is 0 Å². The monoisotopic (exact) mass is 374 g/mol. The molecule has 150 valence electrons. The summed E-state index contributed by atoms with van der Waals surface area (Å²) in [6.45, 7) is 4.41. The standard InChI is InChI=1S/C23H34O4/c1-15-18(9-6-10-21(26)27)23(2)14-13-20(25)17(22(15)23)11-12-19(24)16-7-4-3-5-8-16/h9,15-17,19-20,22,24-25H,3-8,10,13-14H2,1-2H3,(H,26,27)/t15?,17-,19?,20+,22+,23+/m0/s1. The quantitative estimate of drug-likeness (QED) is 0.517. The predicted molar refractivity (Wildman–Crippen MR) is 105 cm³/mol. The van der Waals surface area contributed by atoms with E-state index in [2.05, 4.69) is 31.8 Å². The van der Waals surface area contributed by atoms with E-state index in [0.717, 1.165) is 25.7 Å². The SMILES string of the molecule is CC1C(=CCCC(=O)O)[C@@]2(C)CC[C@@H](O)[C@H](C#CC(O)C3CCCCC3)[C@@H]12. The van der Waals surface area contributed by atoms with Crippen LogP contribution in [0.1, 0.15) is 71.6 Å². The van der Waals surface area contributed by atoms with Gasteiger partial charge in [-0.05, 0) is 55.3 Å². The van der Waals surface area contributed by atoms with Crippen LogP contribution in [0.3, 0.4) is 0 Å². The summed E-state index contributed by atoms with van der Waals surface area (Å²) >= 11 is 0. The van der Waals surface area contributed by atoms with E-state index in [0.29, 0.717) is 12.3 Å². The molecule has 4 nitrogen and oxygen atoms in total. The molecule has 27 heavy (non-hydrogen) atoms. The van der Waals surface area contributed by atoms with Gasteiger partial charge in [0, 0.05) is 6.42 Å². The van der Waals surface area contributed by atoms with Crippen LogP contribution in [0.4, 0.5) is 0 Å². The average molecular weight is 375 g/mol. The van der Waals surface area contributed by atoms with Crippen molar-refractivity contribution in [1.29, 1.82) is 0 Å². The Morgan fingerprint density at radius 2 is 2.00 bits per heavy atom. The highest BCUT2D eigenvalue weighted by Gasteiger charge is 2.58. The molecular weight excluding hydrogens is 340 g/mol. The molecule has 0 heterocycles. The van der Waals surface area contributed by atoms with Gasteiger partial charge in [0.15, 0.2) is 0 Å². The predicted octanol–water partition coefficient (Wildman–Crippen LogP) is 3.77. The molecule has 0 radical (unpaired) electrons. The lowest BCUT2D eigenvalue weighted by molar-refractivity contribution is -0.136. The highest BCUT2D eigenvalue weighted by molar-refractivity contribution is 5.66. The fraction of sp³-hybridized carbons (Fsp3) is 0.783. The van der Waals surface area contributed by atoms with Crippen molar-refractivity contribution >= 4 is 5.97 Å². The summed E-state index contributed by atoms with van der Waals surface area (Å²) in [5, 5.41) is 30.0. The van der Waals surface area contributed by atoms with Crippen LogP contribution in [0, 0.1) is 40.9 Å². The first kappa shape index (κ1) is 20.4. The average Bonchev–Trinajstić information content (AvgIpc) is 2.65. The zero-order valence-corrected chi connectivity index (χ0v) is 16.7. The van der Waals surface area contributed by atoms with Crippen LogP contribution >= 0.6 is 0 Å². The molecule has 3 fully saturated rings. The molecule has 0 saturated heterocycles. The Kier molecular flexibility index (Phi) is 6.33. The minimum absolute atomic E-state index is 0.00624. The molecule has 3 aliphatic rings. The van der Waals surface area contributed by atoms with Gasteiger partial charge < -0.3 is 15.3 Å². The maximum absolute atomic E-state index is 10.8. The number of carbonyl (C=O) groups is 1. The normalized spacial score (nSPS) is 39.0. The lowest BCUT2D eigenvalue weighted by atomic mass is 9.43. The number of carboxylic acids is 1. The Labute approximate surface area is 163 Å². The third-order valence-corrected chi connectivity index (χ3v) is 7.40. The molecule has 3 saturated carbocycles. The van der Waals surface area contributed by atoms with Gasteiger partial charge in [0.2, 0.25) is 0 Å². The van der Waals surface area contributed by atoms with Crippen LogP contribution in [-0.2, 0) is 4.79 Å². The van der Waals surface area contributed by atoms with Crippen LogP contribution in [0.25, 0.3) is 0 Å². The van der Waals surface area contributed by atoms with Gasteiger partial charge in [-0.3, -0.25) is 4.79 Å². The summed E-state index contributed by atoms with van der Waals surface area (Å²) in [5.74, 6) is 6.38. The second-order valence-electron chi connectivity index (χ2n) is 9.09. The van der Waals surface area contributed by atoms with Gasteiger partial charge in [0.25, 0.3) is 0 Å². The van der Waals surface area contributed by atoms with E-state index in [9.17, 15) is 15.0 Å². The van der Waals surface area contributed by atoms with Crippen molar-refractivity contribution in [2.45, 2.75) is 83.8 Å². The first-order valence-corrected chi connectivity index (χ1v) is 10.6. The minimum atomic E-state index is -0.764. The summed E-state index contributed by atoms with van der Waals surface area (Å²) in [6.07, 6.45) is 9.18. The van der Waals surface area contributed by atoms with Crippen LogP contribution in [-0.4, -0.2) is 33.5 Å². The molecular formula is C23H34O4. The van der Waals surface area contributed by atoms with Gasteiger partial charge in [-0.25, -0.2) is 0 Å². The number of hydrogen-bond donors (Lipinski definition) is 3. The molecule has 3 aliphatic carbocycles. The number of allylic oxidation sites excluding steroid dienone is 2. The summed E-state index contributed by atoms with van der Waals surface area (Å²) in [5.41, 5.74) is 1.34. The lowest BCUT2D eigenvalue weighted by Gasteiger charge is -2.61. The number of rotatable bonds is 4. The Bertz CT molecular complexity index is 636. The van der Waals surface area contributed by atoms with E-state index in [1.54, 1.807) is 0 Å². The van der Waals surface area contributed by atoms with Gasteiger partial charge in [0.1, 0.15) is 6.10 Å². The molecule has 3 rings (SSSR count). The second kappa shape index (κ2) is 8.37. The van der Waals surface area contributed by atoms with Crippen LogP contribution < -0.4 is 0 Å². The van der Waals surface area contributed by atoms with Gasteiger partial charge in [-0.1, -0.05) is 56.6 Å². The van der Waals surface area contributed by atoms with Crippen molar-refractivity contribution in [3.05, 3.63) is 11.6 Å². The van der Waals surface area contributed by atoms with Crippen molar-refractivity contribution in [3.8, 4) is 11.8 Å². The van der Waals surface area contributed by atoms with Gasteiger partial charge in [-0.15, -0.1) is 0 Å². The first-order valence-electron chi connectivity index (χ1n) is 10.6. The highest BCUT2D eigenvalue weighted by atomic mass is 16.4. The number of hydrogen-bond acceptors (Lipinski definition) is 3. The Hall–Kier alpha value is -1.31. The Morgan fingerprint density at radius 3 is 2.67 bits per heavy atom. The summed E-state index contributed by atoms with van der Waals surface area (Å²) < 4.78 is 0. The first-order chi connectivity index (χ1) is 12.8. The molecule has 2 unspecified atom stereocenters. The van der Waals surface area contributed by atoms with Crippen LogP contribution in [0.2, 0.25) is 0 Å². The van der Waals surface area contributed by atoms with Crippen LogP contribution in [0.15, 0.2) is 11.6 Å². The highest BCUT2D eigenvalue weighted by Crippen LogP contribution is 2.64. The third-order valence-electron chi connectivity index (χ3n) is 7.40. The lowest BCUT2D eigenvalue weighted by Crippen LogP contribution is -2.56. The molecule has 4 heteroatoms. The molecule has 6 atom stereocenters. The topological polar surface area (TPSA) is 77.8 Å². The van der Waals surface area contributed by atoms with Crippen molar-refractivity contribution in [2.24, 2.45) is 29.1 Å². The molecule has 0 amide bonds. The molecule has 0 aromatic heterocycles. The number of fused-ring (bicyclic) bond motifs is 1. The Balaban J connectivity index is 1.71. The number of aliphatic carboxylic acids is 1. The van der Waals surface area contributed by atoms with E-state index < -0.39 is 18.2 Å². The fourth-order valence-electron chi connectivity index (χ4n) is 5.95. The minimum Gasteiger partial charge on any atom is -0.481 e. The molecule has 0 bridgehead atoms. The molecule has 3 N–H and O–H groups in total. The Morgan fingerprint density at radius 1 is 1.30 bits per heavy atom. The maximum atomic E-state index is 10.8. The largest absolute Gasteiger partial charge is 0.481 e. The molecule has 0 aromatic carbocycles. The van der Waals surface area contributed by atoms with E-state index in [-0.39, 0.29) is 29.6 Å². The van der Waals surface area contributed by atoms with Crippen LogP contribution in [0.5, 0.6) is 0 Å². The van der Waals surface area contributed by atoms with Crippen molar-refractivity contribution in [1.82, 2.24) is 0 Å². The van der Waals surface area contributed by atoms with Crippen molar-refractivity contribution in [2.75, 3.05) is 0 Å². The summed E-state index contributed by atoms with van der Waals surface area (Å²) in [7, 11) is 0. The second-order valence-corrected chi connectivity index (χ2v) is 9.09. The zero-order valence-electron chi connectivity index (χ0n) is 16.7. The fourth-order valence-corrected chi connectivity index (χ4v) is 5.95. The molecule has 0 aromatic rings. The van der Waals surface area contributed by atoms with E-state index in [1.165, 1.54) is 24.8 Å². The van der Waals surface area contributed by atoms with E-state index in [1.807, 2.05) is 0 Å². The van der Waals surface area contributed by atoms with Crippen molar-refractivity contribution < 1.29 is 20.1 Å². The third kappa shape index (κ3) is 4.10. The number of carboxylic acid groups (broad SMARTS) is 1. The van der Waals surface area contributed by atoms with Gasteiger partial charge >= 0.3 is 5.97 Å². The van der Waals surface area contributed by atoms with Gasteiger partial charge in [-0.2, -0.15) is 0 Å².